The second-order valence-corrected chi connectivity index (χ2v) is 4.10. The lowest BCUT2D eigenvalue weighted by Gasteiger charge is -2.13. The topological polar surface area (TPSA) is 17.1 Å². The Bertz CT molecular complexity index is 438. The number of carbonyl (C=O) groups is 1. The monoisotopic (exact) mass is 211 g/mol. The van der Waals surface area contributed by atoms with Crippen LogP contribution in [0.5, 0.6) is 0 Å². The highest BCUT2D eigenvalue weighted by Crippen LogP contribution is 2.26. The molecule has 0 amide bonds. The first-order chi connectivity index (χ1) is 7.75. The Morgan fingerprint density at radius 3 is 2.56 bits per heavy atom. The second-order valence-electron chi connectivity index (χ2n) is 4.10. The van der Waals surface area contributed by atoms with E-state index in [4.69, 9.17) is 0 Å². The van der Waals surface area contributed by atoms with E-state index in [0.717, 1.165) is 6.42 Å². The number of allylic oxidation sites excluding steroid dienone is 4. The van der Waals surface area contributed by atoms with E-state index in [0.29, 0.717) is 6.42 Å². The van der Waals surface area contributed by atoms with Gasteiger partial charge in [0, 0.05) is 12.8 Å². The molecule has 0 bridgehead atoms. The van der Waals surface area contributed by atoms with Crippen molar-refractivity contribution in [2.45, 2.75) is 19.8 Å². The first kappa shape index (κ1) is 10.9. The molecule has 1 aliphatic rings. The van der Waals surface area contributed by atoms with Crippen molar-refractivity contribution in [3.8, 4) is 0 Å². The number of carbonyl (C=O) groups excluding carboxylic acids is 1. The Hall–Kier alpha value is -1.63. The summed E-state index contributed by atoms with van der Waals surface area (Å²) in [5.74, 6) is 0.233. The van der Waals surface area contributed by atoms with Gasteiger partial charge in [-0.3, -0.25) is 4.79 Å². The Morgan fingerprint density at radius 1 is 1.25 bits per heavy atom. The molecule has 0 N–H and O–H groups in total. The maximum atomic E-state index is 11.0. The van der Waals surface area contributed by atoms with Crippen molar-refractivity contribution in [1.29, 1.82) is 0 Å². The molecule has 0 fully saturated rings. The maximum absolute atomic E-state index is 11.0. The zero-order valence-corrected chi connectivity index (χ0v) is 9.44. The first-order valence-corrected chi connectivity index (χ1v) is 5.53. The summed E-state index contributed by atoms with van der Waals surface area (Å²) in [4.78, 5) is 11.0. The summed E-state index contributed by atoms with van der Waals surface area (Å²) >= 11 is 0. The molecule has 81 valence electrons. The summed E-state index contributed by atoms with van der Waals surface area (Å²) < 4.78 is 0. The van der Waals surface area contributed by atoms with Gasteiger partial charge in [-0.05, 0) is 24.5 Å². The third-order valence-electron chi connectivity index (χ3n) is 2.67. The zero-order chi connectivity index (χ0) is 11.4. The van der Waals surface area contributed by atoms with Crippen LogP contribution in [0.15, 0.2) is 48.1 Å². The van der Waals surface area contributed by atoms with E-state index in [1.165, 1.54) is 16.7 Å². The molecule has 2 rings (SSSR count). The van der Waals surface area contributed by atoms with Crippen molar-refractivity contribution in [1.82, 2.24) is 0 Å². The molecule has 0 aromatic heterocycles. The summed E-state index contributed by atoms with van der Waals surface area (Å²) in [6.07, 6.45) is 7.82. The quantitative estimate of drug-likeness (QED) is 0.746. The fraction of sp³-hybridized carbons (Fsp3) is 0.200. The average Bonchev–Trinajstić information content (AvgIpc) is 2.30. The maximum Gasteiger partial charge on any atom is 0.133 e. The van der Waals surface area contributed by atoms with Gasteiger partial charge in [0.05, 0.1) is 0 Å². The van der Waals surface area contributed by atoms with Crippen LogP contribution in [0.2, 0.25) is 0 Å². The van der Waals surface area contributed by atoms with Crippen LogP contribution in [0.1, 0.15) is 25.3 Å². The molecule has 1 heteroatoms. The van der Waals surface area contributed by atoms with Gasteiger partial charge in [-0.2, -0.15) is 0 Å². The predicted octanol–water partition coefficient (Wildman–Crippen LogP) is 3.58. The molecule has 0 unspecified atom stereocenters. The molecule has 1 aromatic carbocycles. The molecular weight excluding hydrogens is 196 g/mol. The lowest BCUT2D eigenvalue weighted by Crippen LogP contribution is -1.98. The summed E-state index contributed by atoms with van der Waals surface area (Å²) in [5, 5.41) is 0. The summed E-state index contributed by atoms with van der Waals surface area (Å²) in [5.41, 5.74) is 3.68. The van der Waals surface area contributed by atoms with Gasteiger partial charge in [0.15, 0.2) is 0 Å². The molecular formula is C15H15O. The minimum Gasteiger partial charge on any atom is -0.300 e. The lowest BCUT2D eigenvalue weighted by molar-refractivity contribution is -0.116. The number of Topliss-reactive ketones (excluding diaryl/α,β-unsaturated/α-hetero) is 1. The van der Waals surface area contributed by atoms with Crippen LogP contribution in [0, 0.1) is 6.42 Å². The smallest absolute Gasteiger partial charge is 0.133 e. The third-order valence-corrected chi connectivity index (χ3v) is 2.67. The number of hydrogen-bond donors (Lipinski definition) is 0. The van der Waals surface area contributed by atoms with Gasteiger partial charge in [-0.1, -0.05) is 48.1 Å². The molecule has 1 nitrogen and oxygen atoms in total. The molecule has 1 aliphatic carbocycles. The van der Waals surface area contributed by atoms with Gasteiger partial charge in [-0.25, -0.2) is 0 Å². The van der Waals surface area contributed by atoms with Crippen molar-refractivity contribution in [3.63, 3.8) is 0 Å². The highest BCUT2D eigenvalue weighted by Gasteiger charge is 2.08. The van der Waals surface area contributed by atoms with E-state index in [9.17, 15) is 4.79 Å². The van der Waals surface area contributed by atoms with Crippen LogP contribution in [0.3, 0.4) is 0 Å². The van der Waals surface area contributed by atoms with Crippen LogP contribution in [-0.4, -0.2) is 5.78 Å². The zero-order valence-electron chi connectivity index (χ0n) is 9.44. The van der Waals surface area contributed by atoms with E-state index in [2.05, 4.69) is 30.7 Å². The summed E-state index contributed by atoms with van der Waals surface area (Å²) in [6.45, 7) is 1.64. The van der Waals surface area contributed by atoms with E-state index in [-0.39, 0.29) is 5.78 Å². The van der Waals surface area contributed by atoms with Crippen LogP contribution in [0.25, 0.3) is 5.57 Å². The van der Waals surface area contributed by atoms with Gasteiger partial charge in [0.25, 0.3) is 0 Å². The molecule has 1 aromatic rings. The second kappa shape index (κ2) is 4.93. The van der Waals surface area contributed by atoms with Crippen molar-refractivity contribution < 1.29 is 4.79 Å². The minimum absolute atomic E-state index is 0.233. The third kappa shape index (κ3) is 2.69. The lowest BCUT2D eigenvalue weighted by atomic mass is 9.92. The fourth-order valence-electron chi connectivity index (χ4n) is 1.88. The molecule has 0 saturated heterocycles. The van der Waals surface area contributed by atoms with Crippen LogP contribution >= 0.6 is 0 Å². The molecule has 0 heterocycles. The standard InChI is InChI=1S/C15H15O/c1-12(16)11-13-7-9-15(10-8-13)14-5-3-2-4-6-14/h2-7,9-10H,8,11H2,1H3. The molecule has 0 spiro atoms. The summed E-state index contributed by atoms with van der Waals surface area (Å²) in [7, 11) is 0. The largest absolute Gasteiger partial charge is 0.300 e. The van der Waals surface area contributed by atoms with Gasteiger partial charge in [-0.15, -0.1) is 0 Å². The Kier molecular flexibility index (Phi) is 3.35. The Balaban J connectivity index is 2.04. The number of benzene rings is 1. The normalized spacial score (nSPS) is 15.3. The highest BCUT2D eigenvalue weighted by atomic mass is 16.1. The van der Waals surface area contributed by atoms with E-state index in [1.54, 1.807) is 6.92 Å². The van der Waals surface area contributed by atoms with Crippen molar-refractivity contribution >= 4 is 11.4 Å². The summed E-state index contributed by atoms with van der Waals surface area (Å²) in [6, 6.07) is 10.3. The minimum atomic E-state index is 0.233. The predicted molar refractivity (Wildman–Crippen MR) is 66.7 cm³/mol. The van der Waals surface area contributed by atoms with Gasteiger partial charge in [0.2, 0.25) is 0 Å². The van der Waals surface area contributed by atoms with Crippen molar-refractivity contribution in [2.24, 2.45) is 0 Å². The van der Waals surface area contributed by atoms with Crippen molar-refractivity contribution in [2.75, 3.05) is 0 Å². The van der Waals surface area contributed by atoms with Gasteiger partial charge < -0.3 is 0 Å². The highest BCUT2D eigenvalue weighted by molar-refractivity contribution is 5.80. The number of hydrogen-bond acceptors (Lipinski definition) is 1. The molecule has 0 aliphatic heterocycles. The SMILES string of the molecule is CC(=O)CC1=C[CH]C(c2ccccc2)=CC1. The van der Waals surface area contributed by atoms with Crippen molar-refractivity contribution in [3.05, 3.63) is 60.0 Å². The van der Waals surface area contributed by atoms with E-state index in [1.807, 2.05) is 18.2 Å². The van der Waals surface area contributed by atoms with Gasteiger partial charge >= 0.3 is 0 Å². The molecule has 1 radical (unpaired) electrons. The van der Waals surface area contributed by atoms with E-state index >= 15 is 0 Å². The molecule has 0 atom stereocenters. The molecule has 0 saturated carbocycles. The van der Waals surface area contributed by atoms with Gasteiger partial charge in [0.1, 0.15) is 5.78 Å². The van der Waals surface area contributed by atoms with Crippen LogP contribution < -0.4 is 0 Å². The Labute approximate surface area is 96.5 Å². The molecule has 16 heavy (non-hydrogen) atoms. The average molecular weight is 211 g/mol. The number of ketones is 1. The Morgan fingerprint density at radius 2 is 2.00 bits per heavy atom. The van der Waals surface area contributed by atoms with E-state index < -0.39 is 0 Å². The van der Waals surface area contributed by atoms with Crippen LogP contribution in [0.4, 0.5) is 0 Å². The first-order valence-electron chi connectivity index (χ1n) is 5.53. The van der Waals surface area contributed by atoms with Crippen LogP contribution in [-0.2, 0) is 4.79 Å². The number of rotatable bonds is 3. The fourth-order valence-corrected chi connectivity index (χ4v) is 1.88.